The predicted molar refractivity (Wildman–Crippen MR) is 71.3 cm³/mol. The maximum absolute atomic E-state index is 11.6. The maximum atomic E-state index is 11.6. The summed E-state index contributed by atoms with van der Waals surface area (Å²) in [6.07, 6.45) is 7.80. The quantitative estimate of drug-likeness (QED) is 0.276. The maximum Gasteiger partial charge on any atom is 0.309 e. The molecule has 0 aromatic heterocycles. The van der Waals surface area contributed by atoms with Gasteiger partial charge in [-0.25, -0.2) is 0 Å². The Morgan fingerprint density at radius 1 is 1.00 bits per heavy atom. The van der Waals surface area contributed by atoms with Gasteiger partial charge in [0.15, 0.2) is 0 Å². The molecule has 6 heteroatoms. The van der Waals surface area contributed by atoms with Crippen molar-refractivity contribution in [3.8, 4) is 0 Å². The van der Waals surface area contributed by atoms with Crippen LogP contribution in [0, 0.1) is 0 Å². The van der Waals surface area contributed by atoms with E-state index >= 15 is 0 Å². The molecular weight excluding hydrogens is 246 g/mol. The molecule has 1 rings (SSSR count). The highest BCUT2D eigenvalue weighted by Crippen LogP contribution is 2.16. The Kier molecular flexibility index (Phi) is 7.62. The lowest BCUT2D eigenvalue weighted by molar-refractivity contribution is -0.139. The summed E-state index contributed by atoms with van der Waals surface area (Å²) >= 11 is 0. The van der Waals surface area contributed by atoms with E-state index in [0.29, 0.717) is 25.9 Å². The van der Waals surface area contributed by atoms with Crippen molar-refractivity contribution in [3.63, 3.8) is 0 Å². The van der Waals surface area contributed by atoms with Crippen molar-refractivity contribution >= 4 is 18.2 Å². The summed E-state index contributed by atoms with van der Waals surface area (Å²) in [7, 11) is 0. The number of nitrogens with one attached hydrogen (secondary N) is 3. The molecule has 1 aliphatic carbocycles. The average molecular weight is 269 g/mol. The lowest BCUT2D eigenvalue weighted by Crippen LogP contribution is -2.44. The molecule has 0 saturated heterocycles. The van der Waals surface area contributed by atoms with Crippen molar-refractivity contribution in [3.05, 3.63) is 0 Å². The minimum atomic E-state index is -0.588. The van der Waals surface area contributed by atoms with Crippen LogP contribution in [0.2, 0.25) is 0 Å². The van der Waals surface area contributed by atoms with Crippen molar-refractivity contribution in [2.75, 3.05) is 13.1 Å². The molecule has 1 fully saturated rings. The first-order valence-electron chi connectivity index (χ1n) is 6.99. The molecule has 0 atom stereocenters. The van der Waals surface area contributed by atoms with Crippen LogP contribution in [0.25, 0.3) is 0 Å². The van der Waals surface area contributed by atoms with Crippen LogP contribution in [0.5, 0.6) is 0 Å². The zero-order valence-electron chi connectivity index (χ0n) is 11.2. The monoisotopic (exact) mass is 269 g/mol. The molecule has 0 heterocycles. The number of hydrogen-bond acceptors (Lipinski definition) is 3. The summed E-state index contributed by atoms with van der Waals surface area (Å²) in [6.45, 7) is 0.881. The third kappa shape index (κ3) is 6.79. The van der Waals surface area contributed by atoms with Crippen LogP contribution in [0.15, 0.2) is 0 Å². The minimum absolute atomic E-state index is 0.137. The third-order valence-electron chi connectivity index (χ3n) is 3.26. The molecule has 1 saturated carbocycles. The Bertz CT molecular complexity index is 300. The Morgan fingerprint density at radius 2 is 1.68 bits per heavy atom. The molecule has 0 bridgehead atoms. The van der Waals surface area contributed by atoms with E-state index in [1.807, 2.05) is 0 Å². The standard InChI is InChI=1S/C13H23N3O3/c17-10-14-8-5-9-15-12(18)13(19)16-11-6-3-1-2-4-7-11/h10-11H,1-9H2,(H,14,17)(H,15,18)(H,16,19). The number of rotatable bonds is 6. The molecule has 0 aromatic rings. The van der Waals surface area contributed by atoms with E-state index in [9.17, 15) is 14.4 Å². The van der Waals surface area contributed by atoms with Gasteiger partial charge >= 0.3 is 11.8 Å². The van der Waals surface area contributed by atoms with Crippen molar-refractivity contribution < 1.29 is 14.4 Å². The van der Waals surface area contributed by atoms with E-state index in [2.05, 4.69) is 16.0 Å². The Labute approximate surface area is 113 Å². The van der Waals surface area contributed by atoms with Crippen LogP contribution in [-0.4, -0.2) is 37.4 Å². The Morgan fingerprint density at radius 3 is 2.32 bits per heavy atom. The summed E-state index contributed by atoms with van der Waals surface area (Å²) in [5.41, 5.74) is 0. The fourth-order valence-electron chi connectivity index (χ4n) is 2.21. The molecule has 0 spiro atoms. The van der Waals surface area contributed by atoms with Gasteiger partial charge in [0.2, 0.25) is 6.41 Å². The molecule has 1 aliphatic rings. The van der Waals surface area contributed by atoms with E-state index in [1.165, 1.54) is 12.8 Å². The molecule has 0 aliphatic heterocycles. The fourth-order valence-corrected chi connectivity index (χ4v) is 2.21. The first-order valence-corrected chi connectivity index (χ1v) is 6.99. The first-order chi connectivity index (χ1) is 9.24. The van der Waals surface area contributed by atoms with Crippen LogP contribution in [-0.2, 0) is 14.4 Å². The van der Waals surface area contributed by atoms with E-state index in [4.69, 9.17) is 0 Å². The van der Waals surface area contributed by atoms with Crippen molar-refractivity contribution in [2.24, 2.45) is 0 Å². The van der Waals surface area contributed by atoms with Crippen LogP contribution in [0.4, 0.5) is 0 Å². The first kappa shape index (κ1) is 15.5. The summed E-state index contributed by atoms with van der Waals surface area (Å²) in [4.78, 5) is 33.2. The smallest absolute Gasteiger partial charge is 0.309 e. The topological polar surface area (TPSA) is 87.3 Å². The van der Waals surface area contributed by atoms with Crippen molar-refractivity contribution in [1.29, 1.82) is 0 Å². The average Bonchev–Trinajstić information content (AvgIpc) is 2.67. The van der Waals surface area contributed by atoms with E-state index in [-0.39, 0.29) is 6.04 Å². The zero-order valence-corrected chi connectivity index (χ0v) is 11.2. The van der Waals surface area contributed by atoms with Gasteiger partial charge in [0, 0.05) is 19.1 Å². The summed E-state index contributed by atoms with van der Waals surface area (Å²) in [5.74, 6) is -1.13. The molecule has 3 N–H and O–H groups in total. The fraction of sp³-hybridized carbons (Fsp3) is 0.769. The number of carbonyl (C=O) groups excluding carboxylic acids is 3. The van der Waals surface area contributed by atoms with Crippen LogP contribution >= 0.6 is 0 Å². The molecule has 19 heavy (non-hydrogen) atoms. The molecule has 6 nitrogen and oxygen atoms in total. The lowest BCUT2D eigenvalue weighted by Gasteiger charge is -2.15. The van der Waals surface area contributed by atoms with Gasteiger partial charge in [-0.2, -0.15) is 0 Å². The highest BCUT2D eigenvalue weighted by Gasteiger charge is 2.19. The van der Waals surface area contributed by atoms with Gasteiger partial charge in [-0.15, -0.1) is 0 Å². The Balaban J connectivity index is 2.16. The minimum Gasteiger partial charge on any atom is -0.359 e. The summed E-state index contributed by atoms with van der Waals surface area (Å²) in [5, 5.41) is 7.82. The molecule has 0 unspecified atom stereocenters. The van der Waals surface area contributed by atoms with Gasteiger partial charge in [-0.3, -0.25) is 14.4 Å². The SMILES string of the molecule is O=CNCCCNC(=O)C(=O)NC1CCCCCC1. The highest BCUT2D eigenvalue weighted by molar-refractivity contribution is 6.35. The van der Waals surface area contributed by atoms with Gasteiger partial charge in [0.1, 0.15) is 0 Å². The van der Waals surface area contributed by atoms with Gasteiger partial charge in [-0.05, 0) is 19.3 Å². The largest absolute Gasteiger partial charge is 0.359 e. The second kappa shape index (κ2) is 9.35. The normalized spacial score (nSPS) is 16.2. The lowest BCUT2D eigenvalue weighted by atomic mass is 10.1. The van der Waals surface area contributed by atoms with Gasteiger partial charge < -0.3 is 16.0 Å². The number of hydrogen-bond donors (Lipinski definition) is 3. The Hall–Kier alpha value is -1.59. The van der Waals surface area contributed by atoms with Crippen LogP contribution < -0.4 is 16.0 Å². The van der Waals surface area contributed by atoms with Gasteiger partial charge in [-0.1, -0.05) is 25.7 Å². The highest BCUT2D eigenvalue weighted by atomic mass is 16.2. The van der Waals surface area contributed by atoms with E-state index < -0.39 is 11.8 Å². The van der Waals surface area contributed by atoms with Gasteiger partial charge in [0.25, 0.3) is 0 Å². The molecule has 0 aromatic carbocycles. The van der Waals surface area contributed by atoms with E-state index in [1.54, 1.807) is 0 Å². The van der Waals surface area contributed by atoms with Crippen molar-refractivity contribution in [2.45, 2.75) is 51.0 Å². The van der Waals surface area contributed by atoms with Crippen molar-refractivity contribution in [1.82, 2.24) is 16.0 Å². The summed E-state index contributed by atoms with van der Waals surface area (Å²) in [6, 6.07) is 0.137. The van der Waals surface area contributed by atoms with Crippen LogP contribution in [0.1, 0.15) is 44.9 Å². The third-order valence-corrected chi connectivity index (χ3v) is 3.26. The predicted octanol–water partition coefficient (Wildman–Crippen LogP) is 0.0777. The molecule has 0 radical (unpaired) electrons. The second-order valence-electron chi connectivity index (χ2n) is 4.84. The zero-order chi connectivity index (χ0) is 13.9. The molecule has 108 valence electrons. The van der Waals surface area contributed by atoms with E-state index in [0.717, 1.165) is 25.7 Å². The van der Waals surface area contributed by atoms with Gasteiger partial charge in [0.05, 0.1) is 0 Å². The molecule has 3 amide bonds. The summed E-state index contributed by atoms with van der Waals surface area (Å²) < 4.78 is 0. The number of amides is 3. The van der Waals surface area contributed by atoms with Crippen LogP contribution in [0.3, 0.4) is 0 Å². The molecular formula is C13H23N3O3. The number of carbonyl (C=O) groups is 3. The second-order valence-corrected chi connectivity index (χ2v) is 4.84.